The van der Waals surface area contributed by atoms with Crippen molar-refractivity contribution in [2.24, 2.45) is 4.99 Å². The third kappa shape index (κ3) is 8.16. The van der Waals surface area contributed by atoms with Crippen LogP contribution < -0.4 is 10.6 Å². The van der Waals surface area contributed by atoms with Crippen LogP contribution >= 0.6 is 24.0 Å². The molecule has 166 valence electrons. The molecule has 1 fully saturated rings. The highest BCUT2D eigenvalue weighted by molar-refractivity contribution is 14.0. The van der Waals surface area contributed by atoms with Crippen molar-refractivity contribution in [3.8, 4) is 0 Å². The Morgan fingerprint density at radius 3 is 2.52 bits per heavy atom. The normalized spacial score (nSPS) is 22.2. The van der Waals surface area contributed by atoms with Crippen LogP contribution in [0.15, 0.2) is 40.2 Å². The molecular weight excluding hydrogens is 521 g/mol. The van der Waals surface area contributed by atoms with Crippen LogP contribution in [-0.4, -0.2) is 54.5 Å². The molecule has 1 aromatic carbocycles. The average molecular weight is 556 g/mol. The van der Waals surface area contributed by atoms with Gasteiger partial charge in [-0.25, -0.2) is 8.42 Å². The van der Waals surface area contributed by atoms with E-state index in [9.17, 15) is 12.6 Å². The minimum atomic E-state index is -3.37. The maximum absolute atomic E-state index is 12.7. The Labute approximate surface area is 195 Å². The molecule has 2 N–H and O–H groups in total. The zero-order valence-corrected chi connectivity index (χ0v) is 21.4. The fourth-order valence-corrected chi connectivity index (χ4v) is 6.52. The second-order valence-electron chi connectivity index (χ2n) is 7.22. The summed E-state index contributed by atoms with van der Waals surface area (Å²) in [5.41, 5.74) is 0. The highest BCUT2D eigenvalue weighted by atomic mass is 127. The topological polar surface area (TPSA) is 87.6 Å². The van der Waals surface area contributed by atoms with Gasteiger partial charge in [0.05, 0.1) is 10.6 Å². The summed E-state index contributed by atoms with van der Waals surface area (Å²) in [6.45, 7) is 3.93. The highest BCUT2D eigenvalue weighted by Gasteiger charge is 2.27. The fraction of sp³-hybridized carbons (Fsp3) is 0.650. The van der Waals surface area contributed by atoms with Gasteiger partial charge in [-0.3, -0.25) is 9.20 Å². The smallest absolute Gasteiger partial charge is 0.191 e. The lowest BCUT2D eigenvalue weighted by atomic mass is 9.95. The number of hydrogen-bond acceptors (Lipinski definition) is 4. The number of nitrogens with one attached hydrogen (secondary N) is 2. The minimum Gasteiger partial charge on any atom is -0.354 e. The minimum absolute atomic E-state index is 0. The predicted octanol–water partition coefficient (Wildman–Crippen LogP) is 3.10. The van der Waals surface area contributed by atoms with Gasteiger partial charge in [-0.1, -0.05) is 38.5 Å². The summed E-state index contributed by atoms with van der Waals surface area (Å²) in [4.78, 5) is 4.63. The van der Waals surface area contributed by atoms with Crippen molar-refractivity contribution >= 4 is 50.6 Å². The molecule has 4 unspecified atom stereocenters. The number of hydrogen-bond donors (Lipinski definition) is 2. The summed E-state index contributed by atoms with van der Waals surface area (Å²) in [6, 6.07) is 8.52. The first kappa shape index (κ1) is 26.4. The van der Waals surface area contributed by atoms with Crippen molar-refractivity contribution in [3.05, 3.63) is 30.3 Å². The maximum Gasteiger partial charge on any atom is 0.191 e. The van der Waals surface area contributed by atoms with Crippen LogP contribution in [0.5, 0.6) is 0 Å². The molecule has 1 aliphatic rings. The zero-order chi connectivity index (χ0) is 20.6. The third-order valence-corrected chi connectivity index (χ3v) is 8.78. The summed E-state index contributed by atoms with van der Waals surface area (Å²) in [5, 5.41) is 6.91. The highest BCUT2D eigenvalue weighted by Crippen LogP contribution is 2.23. The first-order valence-electron chi connectivity index (χ1n) is 10.0. The van der Waals surface area contributed by atoms with Crippen molar-refractivity contribution in [1.82, 2.24) is 10.6 Å². The van der Waals surface area contributed by atoms with Crippen molar-refractivity contribution < 1.29 is 12.6 Å². The van der Waals surface area contributed by atoms with E-state index >= 15 is 0 Å². The summed E-state index contributed by atoms with van der Waals surface area (Å²) in [5.74, 6) is 1.32. The number of aliphatic imine (C=N–C) groups is 1. The number of benzene rings is 1. The summed E-state index contributed by atoms with van der Waals surface area (Å²) < 4.78 is 37.5. The van der Waals surface area contributed by atoms with E-state index in [-0.39, 0.29) is 47.1 Å². The number of rotatable bonds is 8. The van der Waals surface area contributed by atoms with Gasteiger partial charge in [0.25, 0.3) is 0 Å². The monoisotopic (exact) mass is 555 g/mol. The summed E-state index contributed by atoms with van der Waals surface area (Å²) in [6.07, 6.45) is 4.60. The lowest BCUT2D eigenvalue weighted by Crippen LogP contribution is -2.50. The molecule has 1 saturated carbocycles. The lowest BCUT2D eigenvalue weighted by Gasteiger charge is -2.31. The average Bonchev–Trinajstić information content (AvgIpc) is 2.72. The Balaban J connectivity index is 0.00000420. The molecule has 9 heteroatoms. The second-order valence-corrected chi connectivity index (χ2v) is 11.3. The van der Waals surface area contributed by atoms with Crippen molar-refractivity contribution in [3.63, 3.8) is 0 Å². The van der Waals surface area contributed by atoms with E-state index < -0.39 is 20.6 Å². The fourth-order valence-electron chi connectivity index (χ4n) is 3.56. The largest absolute Gasteiger partial charge is 0.354 e. The molecular formula is C20H34IN3O3S2. The van der Waals surface area contributed by atoms with Gasteiger partial charge in [-0.2, -0.15) is 0 Å². The van der Waals surface area contributed by atoms with Gasteiger partial charge >= 0.3 is 0 Å². The summed E-state index contributed by atoms with van der Waals surface area (Å²) in [7, 11) is -2.45. The molecule has 0 heterocycles. The standard InChI is InChI=1S/C20H33N3O3S2.HI/c1-4-16(15-28(25,26)19-12-7-6-8-13-19)22-20(21-3)23-17-10-9-11-18(14-17)27(24)5-2;/h6-8,12-13,16-18H,4-5,9-11,14-15H2,1-3H3,(H2,21,22,23);1H. The Kier molecular flexibility index (Phi) is 11.7. The number of nitrogens with zero attached hydrogens (tertiary/aromatic N) is 1. The van der Waals surface area contributed by atoms with E-state index in [1.165, 1.54) is 0 Å². The van der Waals surface area contributed by atoms with E-state index in [0.717, 1.165) is 25.7 Å². The van der Waals surface area contributed by atoms with Gasteiger partial charge < -0.3 is 10.6 Å². The molecule has 1 aromatic rings. The van der Waals surface area contributed by atoms with Crippen molar-refractivity contribution in [2.45, 2.75) is 68.2 Å². The first-order valence-corrected chi connectivity index (χ1v) is 13.1. The molecule has 0 radical (unpaired) electrons. The maximum atomic E-state index is 12.7. The Hall–Kier alpha value is -0.680. The van der Waals surface area contributed by atoms with E-state index in [4.69, 9.17) is 0 Å². The van der Waals surface area contributed by atoms with E-state index in [2.05, 4.69) is 15.6 Å². The molecule has 2 rings (SSSR count). The van der Waals surface area contributed by atoms with Crippen LogP contribution in [0.25, 0.3) is 0 Å². The van der Waals surface area contributed by atoms with Crippen LogP contribution in [0.3, 0.4) is 0 Å². The first-order chi connectivity index (χ1) is 13.4. The van der Waals surface area contributed by atoms with Crippen molar-refractivity contribution in [2.75, 3.05) is 18.6 Å². The number of guanidine groups is 1. The van der Waals surface area contributed by atoms with E-state index in [1.807, 2.05) is 19.9 Å². The second kappa shape index (κ2) is 12.9. The Morgan fingerprint density at radius 2 is 1.93 bits per heavy atom. The molecule has 0 aliphatic heterocycles. The van der Waals surface area contributed by atoms with Crippen LogP contribution in [0.1, 0.15) is 46.0 Å². The van der Waals surface area contributed by atoms with Gasteiger partial charge in [0.15, 0.2) is 15.8 Å². The number of halogens is 1. The van der Waals surface area contributed by atoms with Gasteiger partial charge in [0.1, 0.15) is 0 Å². The molecule has 6 nitrogen and oxygen atoms in total. The zero-order valence-electron chi connectivity index (χ0n) is 17.5. The SMILES string of the molecule is CCC(CS(=O)(=O)c1ccccc1)NC(=NC)NC1CCCC(S(=O)CC)C1.I. The van der Waals surface area contributed by atoms with E-state index in [0.29, 0.717) is 23.0 Å². The molecule has 4 atom stereocenters. The summed E-state index contributed by atoms with van der Waals surface area (Å²) >= 11 is 0. The number of sulfone groups is 1. The quantitative estimate of drug-likeness (QED) is 0.293. The van der Waals surface area contributed by atoms with Crippen molar-refractivity contribution in [1.29, 1.82) is 0 Å². The predicted molar refractivity (Wildman–Crippen MR) is 132 cm³/mol. The molecule has 0 bridgehead atoms. The van der Waals surface area contributed by atoms with Gasteiger partial charge in [-0.15, -0.1) is 24.0 Å². The Morgan fingerprint density at radius 1 is 1.24 bits per heavy atom. The lowest BCUT2D eigenvalue weighted by molar-refractivity contribution is 0.411. The Bertz CT molecular complexity index is 772. The molecule has 1 aliphatic carbocycles. The molecule has 29 heavy (non-hydrogen) atoms. The van der Waals surface area contributed by atoms with Gasteiger partial charge in [-0.05, 0) is 37.8 Å². The van der Waals surface area contributed by atoms with Crippen LogP contribution in [0, 0.1) is 0 Å². The van der Waals surface area contributed by atoms with Crippen LogP contribution in [0.4, 0.5) is 0 Å². The van der Waals surface area contributed by atoms with E-state index in [1.54, 1.807) is 31.3 Å². The molecule has 0 spiro atoms. The third-order valence-electron chi connectivity index (χ3n) is 5.20. The molecule has 0 saturated heterocycles. The van der Waals surface area contributed by atoms with Crippen LogP contribution in [-0.2, 0) is 20.6 Å². The molecule has 0 aromatic heterocycles. The van der Waals surface area contributed by atoms with Gasteiger partial charge in [0, 0.05) is 40.9 Å². The van der Waals surface area contributed by atoms with Gasteiger partial charge in [0.2, 0.25) is 0 Å². The molecule has 0 amide bonds. The van der Waals surface area contributed by atoms with Crippen LogP contribution in [0.2, 0.25) is 0 Å².